The molecule has 1 heterocycles. The zero-order valence-corrected chi connectivity index (χ0v) is 13.7. The van der Waals surface area contributed by atoms with E-state index in [1.165, 1.54) is 22.4 Å². The van der Waals surface area contributed by atoms with E-state index in [0.29, 0.717) is 6.04 Å². The quantitative estimate of drug-likeness (QED) is 0.841. The standard InChI is InChI=1S/C18H27N3/c1-5-6-18-17(11-19-14(2)3)12-20-21(18)13-16-9-7-15(4)8-10-16/h7-10,12,14,19H,5-6,11,13H2,1-4H3. The van der Waals surface area contributed by atoms with Crippen molar-refractivity contribution in [2.75, 3.05) is 0 Å². The van der Waals surface area contributed by atoms with Gasteiger partial charge in [-0.3, -0.25) is 4.68 Å². The Morgan fingerprint density at radius 1 is 1.19 bits per heavy atom. The van der Waals surface area contributed by atoms with E-state index in [1.54, 1.807) is 0 Å². The van der Waals surface area contributed by atoms with Crippen molar-refractivity contribution in [2.24, 2.45) is 0 Å². The van der Waals surface area contributed by atoms with Crippen molar-refractivity contribution in [3.8, 4) is 0 Å². The molecule has 0 spiro atoms. The van der Waals surface area contributed by atoms with Crippen molar-refractivity contribution >= 4 is 0 Å². The molecule has 0 aliphatic rings. The molecule has 0 saturated heterocycles. The Kier molecular flexibility index (Phi) is 5.57. The SMILES string of the molecule is CCCc1c(CNC(C)C)cnn1Cc1ccc(C)cc1. The highest BCUT2D eigenvalue weighted by molar-refractivity contribution is 5.24. The smallest absolute Gasteiger partial charge is 0.0662 e. The minimum atomic E-state index is 0.500. The fourth-order valence-electron chi connectivity index (χ4n) is 2.44. The van der Waals surface area contributed by atoms with Gasteiger partial charge in [0, 0.05) is 23.8 Å². The maximum absolute atomic E-state index is 4.61. The highest BCUT2D eigenvalue weighted by Crippen LogP contribution is 2.14. The van der Waals surface area contributed by atoms with Gasteiger partial charge in [-0.25, -0.2) is 0 Å². The van der Waals surface area contributed by atoms with Crippen LogP contribution in [0.25, 0.3) is 0 Å². The molecule has 0 unspecified atom stereocenters. The lowest BCUT2D eigenvalue weighted by molar-refractivity contribution is 0.580. The van der Waals surface area contributed by atoms with Crippen LogP contribution in [0.5, 0.6) is 0 Å². The number of hydrogen-bond acceptors (Lipinski definition) is 2. The summed E-state index contributed by atoms with van der Waals surface area (Å²) in [5.74, 6) is 0. The lowest BCUT2D eigenvalue weighted by Gasteiger charge is -2.11. The van der Waals surface area contributed by atoms with Crippen molar-refractivity contribution in [3.05, 3.63) is 52.8 Å². The molecule has 0 amide bonds. The maximum Gasteiger partial charge on any atom is 0.0662 e. The molecule has 0 saturated carbocycles. The number of hydrogen-bond donors (Lipinski definition) is 1. The fraction of sp³-hybridized carbons (Fsp3) is 0.500. The van der Waals surface area contributed by atoms with Gasteiger partial charge >= 0.3 is 0 Å². The second kappa shape index (κ2) is 7.41. The fourth-order valence-corrected chi connectivity index (χ4v) is 2.44. The van der Waals surface area contributed by atoms with Crippen LogP contribution in [-0.4, -0.2) is 15.8 Å². The molecule has 2 rings (SSSR count). The maximum atomic E-state index is 4.61. The van der Waals surface area contributed by atoms with Crippen LogP contribution in [0, 0.1) is 6.92 Å². The van der Waals surface area contributed by atoms with Gasteiger partial charge in [0.1, 0.15) is 0 Å². The molecule has 114 valence electrons. The van der Waals surface area contributed by atoms with E-state index in [1.807, 2.05) is 6.20 Å². The van der Waals surface area contributed by atoms with Gasteiger partial charge in [-0.2, -0.15) is 5.10 Å². The molecule has 1 aromatic heterocycles. The molecular formula is C18H27N3. The highest BCUT2D eigenvalue weighted by atomic mass is 15.3. The summed E-state index contributed by atoms with van der Waals surface area (Å²) in [7, 11) is 0. The van der Waals surface area contributed by atoms with Gasteiger partial charge in [0.25, 0.3) is 0 Å². The van der Waals surface area contributed by atoms with E-state index >= 15 is 0 Å². The van der Waals surface area contributed by atoms with Crippen LogP contribution in [0.1, 0.15) is 49.6 Å². The predicted octanol–water partition coefficient (Wildman–Crippen LogP) is 3.69. The molecule has 0 aliphatic heterocycles. The molecule has 3 heteroatoms. The first kappa shape index (κ1) is 15.8. The first-order chi connectivity index (χ1) is 10.1. The topological polar surface area (TPSA) is 29.9 Å². The molecule has 2 aromatic rings. The van der Waals surface area contributed by atoms with Crippen LogP contribution in [-0.2, 0) is 19.5 Å². The van der Waals surface area contributed by atoms with Gasteiger partial charge in [0.15, 0.2) is 0 Å². The van der Waals surface area contributed by atoms with Gasteiger partial charge < -0.3 is 5.32 Å². The second-order valence-electron chi connectivity index (χ2n) is 6.05. The number of aryl methyl sites for hydroxylation is 1. The zero-order chi connectivity index (χ0) is 15.2. The summed E-state index contributed by atoms with van der Waals surface area (Å²) in [6.45, 7) is 10.5. The van der Waals surface area contributed by atoms with Gasteiger partial charge in [-0.15, -0.1) is 0 Å². The Labute approximate surface area is 128 Å². The van der Waals surface area contributed by atoms with Gasteiger partial charge in [0.2, 0.25) is 0 Å². The molecule has 0 radical (unpaired) electrons. The van der Waals surface area contributed by atoms with Crippen LogP contribution in [0.2, 0.25) is 0 Å². The average Bonchev–Trinajstić information content (AvgIpc) is 2.82. The lowest BCUT2D eigenvalue weighted by Crippen LogP contribution is -2.22. The number of aromatic nitrogens is 2. The van der Waals surface area contributed by atoms with Crippen LogP contribution in [0.3, 0.4) is 0 Å². The van der Waals surface area contributed by atoms with Crippen LogP contribution in [0.4, 0.5) is 0 Å². The molecule has 0 atom stereocenters. The first-order valence-corrected chi connectivity index (χ1v) is 7.92. The number of nitrogens with one attached hydrogen (secondary N) is 1. The Bertz CT molecular complexity index is 552. The van der Waals surface area contributed by atoms with Crippen LogP contribution in [0.15, 0.2) is 30.5 Å². The molecule has 3 nitrogen and oxygen atoms in total. The largest absolute Gasteiger partial charge is 0.310 e. The number of nitrogens with zero attached hydrogens (tertiary/aromatic N) is 2. The van der Waals surface area contributed by atoms with E-state index in [4.69, 9.17) is 0 Å². The van der Waals surface area contributed by atoms with Crippen molar-refractivity contribution in [3.63, 3.8) is 0 Å². The molecule has 21 heavy (non-hydrogen) atoms. The van der Waals surface area contributed by atoms with Crippen LogP contribution < -0.4 is 5.32 Å². The van der Waals surface area contributed by atoms with Gasteiger partial charge in [-0.05, 0) is 18.9 Å². The van der Waals surface area contributed by atoms with Gasteiger partial charge in [0.05, 0.1) is 12.7 Å². The molecule has 0 aliphatic carbocycles. The predicted molar refractivity (Wildman–Crippen MR) is 88.5 cm³/mol. The van der Waals surface area contributed by atoms with Crippen molar-refractivity contribution in [1.29, 1.82) is 0 Å². The molecular weight excluding hydrogens is 258 g/mol. The summed E-state index contributed by atoms with van der Waals surface area (Å²) in [4.78, 5) is 0. The molecule has 1 aromatic carbocycles. The van der Waals surface area contributed by atoms with E-state index < -0.39 is 0 Å². The Balaban J connectivity index is 2.16. The van der Waals surface area contributed by atoms with E-state index in [0.717, 1.165) is 25.9 Å². The van der Waals surface area contributed by atoms with Crippen molar-refractivity contribution in [2.45, 2.75) is 59.7 Å². The van der Waals surface area contributed by atoms with E-state index in [-0.39, 0.29) is 0 Å². The minimum absolute atomic E-state index is 0.500. The average molecular weight is 285 g/mol. The number of rotatable bonds is 7. The highest BCUT2D eigenvalue weighted by Gasteiger charge is 2.10. The first-order valence-electron chi connectivity index (χ1n) is 7.92. The monoisotopic (exact) mass is 285 g/mol. The molecule has 0 fully saturated rings. The van der Waals surface area contributed by atoms with Crippen LogP contribution >= 0.6 is 0 Å². The van der Waals surface area contributed by atoms with Crippen molar-refractivity contribution in [1.82, 2.24) is 15.1 Å². The summed E-state index contributed by atoms with van der Waals surface area (Å²) in [5, 5.41) is 8.10. The summed E-state index contributed by atoms with van der Waals surface area (Å²) in [6, 6.07) is 9.22. The molecule has 1 N–H and O–H groups in total. The summed E-state index contributed by atoms with van der Waals surface area (Å²) >= 11 is 0. The third kappa shape index (κ3) is 4.43. The van der Waals surface area contributed by atoms with Crippen molar-refractivity contribution < 1.29 is 0 Å². The summed E-state index contributed by atoms with van der Waals surface area (Å²) in [5.41, 5.74) is 5.31. The minimum Gasteiger partial charge on any atom is -0.310 e. The summed E-state index contributed by atoms with van der Waals surface area (Å²) in [6.07, 6.45) is 4.25. The Morgan fingerprint density at radius 3 is 2.52 bits per heavy atom. The van der Waals surface area contributed by atoms with E-state index in [2.05, 4.69) is 67.1 Å². The second-order valence-corrected chi connectivity index (χ2v) is 6.05. The van der Waals surface area contributed by atoms with Gasteiger partial charge in [-0.1, -0.05) is 57.0 Å². The Hall–Kier alpha value is -1.61. The third-order valence-electron chi connectivity index (χ3n) is 3.68. The third-order valence-corrected chi connectivity index (χ3v) is 3.68. The zero-order valence-electron chi connectivity index (χ0n) is 13.7. The number of benzene rings is 1. The van der Waals surface area contributed by atoms with E-state index in [9.17, 15) is 0 Å². The molecule has 0 bridgehead atoms. The summed E-state index contributed by atoms with van der Waals surface area (Å²) < 4.78 is 2.16. The lowest BCUT2D eigenvalue weighted by atomic mass is 10.1. The normalized spacial score (nSPS) is 11.3. The Morgan fingerprint density at radius 2 is 1.90 bits per heavy atom.